The van der Waals surface area contributed by atoms with Crippen molar-refractivity contribution in [3.8, 4) is 17.2 Å². The Morgan fingerprint density at radius 3 is 2.33 bits per heavy atom. The van der Waals surface area contributed by atoms with E-state index in [4.69, 9.17) is 4.74 Å². The zero-order valence-corrected chi connectivity index (χ0v) is 9.63. The van der Waals surface area contributed by atoms with Crippen molar-refractivity contribution in [2.45, 2.75) is 0 Å². The van der Waals surface area contributed by atoms with Gasteiger partial charge in [-0.25, -0.2) is 0 Å². The molecule has 3 rings (SSSR count). The Bertz CT molecular complexity index is 675. The number of aromatic hydroxyl groups is 1. The second-order valence-corrected chi connectivity index (χ2v) is 4.03. The molecule has 3 aromatic carbocycles. The molecule has 1 N–H and O–H groups in total. The molecule has 0 unspecified atom stereocenters. The molecule has 0 aromatic heterocycles. The summed E-state index contributed by atoms with van der Waals surface area (Å²) in [5.74, 6) is 1.83. The summed E-state index contributed by atoms with van der Waals surface area (Å²) in [6.07, 6.45) is 0. The molecular formula is C16H11O2. The van der Waals surface area contributed by atoms with Crippen LogP contribution in [0.15, 0.2) is 60.7 Å². The van der Waals surface area contributed by atoms with Gasteiger partial charge >= 0.3 is 0 Å². The minimum absolute atomic E-state index is 0.273. The van der Waals surface area contributed by atoms with Crippen molar-refractivity contribution in [2.75, 3.05) is 0 Å². The van der Waals surface area contributed by atoms with Crippen LogP contribution in [-0.2, 0) is 0 Å². The summed E-state index contributed by atoms with van der Waals surface area (Å²) in [7, 11) is 0. The summed E-state index contributed by atoms with van der Waals surface area (Å²) in [5, 5.41) is 11.4. The fourth-order valence-electron chi connectivity index (χ4n) is 1.85. The fraction of sp³-hybridized carbons (Fsp3) is 0. The van der Waals surface area contributed by atoms with Crippen LogP contribution >= 0.6 is 0 Å². The molecule has 18 heavy (non-hydrogen) atoms. The maximum absolute atomic E-state index is 9.40. The lowest BCUT2D eigenvalue weighted by Crippen LogP contribution is -1.83. The monoisotopic (exact) mass is 235 g/mol. The number of hydrogen-bond donors (Lipinski definition) is 1. The van der Waals surface area contributed by atoms with Crippen LogP contribution in [0.1, 0.15) is 0 Å². The second-order valence-electron chi connectivity index (χ2n) is 4.03. The van der Waals surface area contributed by atoms with Gasteiger partial charge in [-0.2, -0.15) is 0 Å². The van der Waals surface area contributed by atoms with Crippen molar-refractivity contribution in [1.29, 1.82) is 0 Å². The third-order valence-corrected chi connectivity index (χ3v) is 2.72. The van der Waals surface area contributed by atoms with Crippen LogP contribution < -0.4 is 4.74 Å². The van der Waals surface area contributed by atoms with Crippen LogP contribution in [0.25, 0.3) is 10.8 Å². The number of ether oxygens (including phenoxy) is 1. The maximum atomic E-state index is 9.40. The molecule has 0 aliphatic carbocycles. The van der Waals surface area contributed by atoms with Gasteiger partial charge in [-0.05, 0) is 53.2 Å². The van der Waals surface area contributed by atoms with E-state index in [2.05, 4.69) is 6.07 Å². The van der Waals surface area contributed by atoms with E-state index in [9.17, 15) is 5.11 Å². The first-order valence-electron chi connectivity index (χ1n) is 5.68. The van der Waals surface area contributed by atoms with Crippen molar-refractivity contribution in [3.63, 3.8) is 0 Å². The standard InChI is InChI=1S/C16H11O2/c17-14-8-6-13-11-16(9-7-12(13)10-14)18-15-4-2-1-3-5-15/h2-11,17H. The van der Waals surface area contributed by atoms with Crippen molar-refractivity contribution < 1.29 is 9.84 Å². The zero-order valence-electron chi connectivity index (χ0n) is 9.63. The lowest BCUT2D eigenvalue weighted by Gasteiger charge is -2.06. The van der Waals surface area contributed by atoms with E-state index in [1.165, 1.54) is 0 Å². The van der Waals surface area contributed by atoms with Gasteiger partial charge in [-0.3, -0.25) is 0 Å². The summed E-state index contributed by atoms with van der Waals surface area (Å²) < 4.78 is 5.73. The smallest absolute Gasteiger partial charge is 0.128 e. The van der Waals surface area contributed by atoms with E-state index in [-0.39, 0.29) is 5.75 Å². The molecule has 2 nitrogen and oxygen atoms in total. The van der Waals surface area contributed by atoms with Crippen molar-refractivity contribution in [3.05, 3.63) is 66.7 Å². The lowest BCUT2D eigenvalue weighted by atomic mass is 10.1. The van der Waals surface area contributed by atoms with E-state index in [1.807, 2.05) is 48.5 Å². The van der Waals surface area contributed by atoms with Crippen LogP contribution in [0.3, 0.4) is 0 Å². The summed E-state index contributed by atoms with van der Waals surface area (Å²) in [4.78, 5) is 0. The van der Waals surface area contributed by atoms with Gasteiger partial charge in [-0.15, -0.1) is 0 Å². The minimum atomic E-state index is 0.273. The zero-order chi connectivity index (χ0) is 12.4. The fourth-order valence-corrected chi connectivity index (χ4v) is 1.85. The molecule has 0 bridgehead atoms. The second kappa shape index (κ2) is 4.41. The van der Waals surface area contributed by atoms with Gasteiger partial charge in [0.2, 0.25) is 0 Å². The molecule has 1 radical (unpaired) electrons. The third kappa shape index (κ3) is 2.13. The average Bonchev–Trinajstić information content (AvgIpc) is 2.40. The Hall–Kier alpha value is -2.48. The van der Waals surface area contributed by atoms with Crippen molar-refractivity contribution in [1.82, 2.24) is 0 Å². The highest BCUT2D eigenvalue weighted by Crippen LogP contribution is 2.27. The molecule has 0 aliphatic heterocycles. The predicted molar refractivity (Wildman–Crippen MR) is 71.0 cm³/mol. The van der Waals surface area contributed by atoms with Gasteiger partial charge in [-0.1, -0.05) is 24.3 Å². The van der Waals surface area contributed by atoms with Gasteiger partial charge in [0, 0.05) is 0 Å². The summed E-state index contributed by atoms with van der Waals surface area (Å²) in [5.41, 5.74) is 0. The maximum Gasteiger partial charge on any atom is 0.128 e. The number of phenols is 1. The molecule has 0 aliphatic rings. The quantitative estimate of drug-likeness (QED) is 0.723. The van der Waals surface area contributed by atoms with Crippen molar-refractivity contribution in [2.24, 2.45) is 0 Å². The van der Waals surface area contributed by atoms with Crippen LogP contribution in [0.4, 0.5) is 0 Å². The first kappa shape index (κ1) is 10.7. The highest BCUT2D eigenvalue weighted by molar-refractivity contribution is 5.85. The Morgan fingerprint density at radius 2 is 1.50 bits per heavy atom. The van der Waals surface area contributed by atoms with E-state index in [1.54, 1.807) is 12.1 Å². The molecule has 0 heterocycles. The molecule has 0 atom stereocenters. The third-order valence-electron chi connectivity index (χ3n) is 2.72. The number of fused-ring (bicyclic) bond motifs is 1. The number of benzene rings is 3. The molecule has 87 valence electrons. The van der Waals surface area contributed by atoms with E-state index in [0.717, 1.165) is 22.3 Å². The average molecular weight is 235 g/mol. The van der Waals surface area contributed by atoms with Gasteiger partial charge in [0.15, 0.2) is 0 Å². The molecule has 2 heteroatoms. The first-order chi connectivity index (χ1) is 8.81. The molecule has 0 saturated carbocycles. The lowest BCUT2D eigenvalue weighted by molar-refractivity contribution is 0.475. The van der Waals surface area contributed by atoms with E-state index >= 15 is 0 Å². The Morgan fingerprint density at radius 1 is 0.778 bits per heavy atom. The molecule has 0 saturated heterocycles. The number of hydrogen-bond acceptors (Lipinski definition) is 2. The highest BCUT2D eigenvalue weighted by Gasteiger charge is 2.00. The SMILES string of the molecule is Oc1ccc2cc(Oc3cc[c]cc3)ccc2c1. The number of rotatable bonds is 2. The summed E-state index contributed by atoms with van der Waals surface area (Å²) in [6.45, 7) is 0. The van der Waals surface area contributed by atoms with Crippen LogP contribution in [0, 0.1) is 6.07 Å². The Kier molecular flexibility index (Phi) is 2.61. The van der Waals surface area contributed by atoms with Crippen molar-refractivity contribution >= 4 is 10.8 Å². The topological polar surface area (TPSA) is 29.5 Å². The van der Waals surface area contributed by atoms with E-state index in [0.29, 0.717) is 0 Å². The molecule has 0 fully saturated rings. The summed E-state index contributed by atoms with van der Waals surface area (Å²) in [6, 6.07) is 21.3. The molecule has 3 aromatic rings. The largest absolute Gasteiger partial charge is 0.508 e. The van der Waals surface area contributed by atoms with Gasteiger partial charge in [0.05, 0.1) is 0 Å². The number of phenolic OH excluding ortho intramolecular Hbond substituents is 1. The van der Waals surface area contributed by atoms with Crippen LogP contribution in [0.2, 0.25) is 0 Å². The first-order valence-corrected chi connectivity index (χ1v) is 5.68. The minimum Gasteiger partial charge on any atom is -0.508 e. The van der Waals surface area contributed by atoms with Gasteiger partial charge in [0.25, 0.3) is 0 Å². The van der Waals surface area contributed by atoms with E-state index < -0.39 is 0 Å². The van der Waals surface area contributed by atoms with Crippen LogP contribution in [0.5, 0.6) is 17.2 Å². The van der Waals surface area contributed by atoms with Crippen LogP contribution in [-0.4, -0.2) is 5.11 Å². The van der Waals surface area contributed by atoms with Gasteiger partial charge in [0.1, 0.15) is 17.2 Å². The molecule has 0 amide bonds. The highest BCUT2D eigenvalue weighted by atomic mass is 16.5. The molecular weight excluding hydrogens is 224 g/mol. The predicted octanol–water partition coefficient (Wildman–Crippen LogP) is 4.14. The Labute approximate surface area is 105 Å². The molecule has 0 spiro atoms. The normalized spacial score (nSPS) is 10.4. The Balaban J connectivity index is 1.96. The summed E-state index contributed by atoms with van der Waals surface area (Å²) >= 11 is 0. The van der Waals surface area contributed by atoms with Gasteiger partial charge < -0.3 is 9.84 Å².